The van der Waals surface area contributed by atoms with Gasteiger partial charge in [-0.25, -0.2) is 8.42 Å². The smallest absolute Gasteiger partial charge is 0.326 e. The second kappa shape index (κ2) is 8.68. The predicted molar refractivity (Wildman–Crippen MR) is 123 cm³/mol. The fraction of sp³-hybridized carbons (Fsp3) is 0.174. The Balaban J connectivity index is 1.85. The highest BCUT2D eigenvalue weighted by Gasteiger charge is 2.16. The molecule has 0 aliphatic carbocycles. The molecule has 0 radical (unpaired) electrons. The minimum Gasteiger partial charge on any atom is -0.465 e. The molecule has 4 rings (SSSR count). The van der Waals surface area contributed by atoms with E-state index >= 15 is 0 Å². The van der Waals surface area contributed by atoms with Crippen LogP contribution < -0.4 is 4.80 Å². The fourth-order valence-corrected chi connectivity index (χ4v) is 5.12. The van der Waals surface area contributed by atoms with Crippen LogP contribution in [0.3, 0.4) is 0 Å². The van der Waals surface area contributed by atoms with E-state index in [1.807, 2.05) is 30.3 Å². The van der Waals surface area contributed by atoms with E-state index in [1.54, 1.807) is 29.7 Å². The average Bonchev–Trinajstić information content (AvgIpc) is 3.09. The number of rotatable bonds is 5. The van der Waals surface area contributed by atoms with Crippen LogP contribution in [-0.4, -0.2) is 37.7 Å². The van der Waals surface area contributed by atoms with Gasteiger partial charge in [0.15, 0.2) is 14.6 Å². The summed E-state index contributed by atoms with van der Waals surface area (Å²) in [6, 6.07) is 17.6. The van der Waals surface area contributed by atoms with Crippen LogP contribution >= 0.6 is 11.3 Å². The number of hydrogen-bond donors (Lipinski definition) is 0. The average molecular weight is 469 g/mol. The number of amides is 1. The summed E-state index contributed by atoms with van der Waals surface area (Å²) in [6.07, 6.45) is 1.13. The van der Waals surface area contributed by atoms with Crippen LogP contribution in [0.1, 0.15) is 17.3 Å². The first-order valence-electron chi connectivity index (χ1n) is 9.83. The minimum absolute atomic E-state index is 0.143. The molecule has 1 amide bonds. The second-order valence-corrected chi connectivity index (χ2v) is 10.2. The Kier molecular flexibility index (Phi) is 5.94. The molecule has 3 aromatic carbocycles. The van der Waals surface area contributed by atoms with Crippen LogP contribution in [0.5, 0.6) is 0 Å². The van der Waals surface area contributed by atoms with E-state index in [0.717, 1.165) is 28.4 Å². The molecule has 0 atom stereocenters. The monoisotopic (exact) mass is 468 g/mol. The van der Waals surface area contributed by atoms with Crippen LogP contribution in [0.4, 0.5) is 0 Å². The van der Waals surface area contributed by atoms with Gasteiger partial charge in [0, 0.05) is 11.8 Å². The Morgan fingerprint density at radius 1 is 1.03 bits per heavy atom. The van der Waals surface area contributed by atoms with E-state index in [-0.39, 0.29) is 22.8 Å². The quantitative estimate of drug-likeness (QED) is 0.418. The first-order chi connectivity index (χ1) is 15.3. The number of benzene rings is 3. The summed E-state index contributed by atoms with van der Waals surface area (Å²) < 4.78 is 31.1. The van der Waals surface area contributed by atoms with Crippen molar-refractivity contribution in [1.82, 2.24) is 4.57 Å². The van der Waals surface area contributed by atoms with Gasteiger partial charge in [0.25, 0.3) is 5.91 Å². The Hall–Kier alpha value is -3.30. The lowest BCUT2D eigenvalue weighted by molar-refractivity contribution is -0.143. The molecule has 9 heteroatoms. The van der Waals surface area contributed by atoms with Crippen molar-refractivity contribution in [3.8, 4) is 0 Å². The normalized spacial score (nSPS) is 12.4. The van der Waals surface area contributed by atoms with Gasteiger partial charge >= 0.3 is 5.97 Å². The summed E-state index contributed by atoms with van der Waals surface area (Å²) in [5.41, 5.74) is 1.01. The van der Waals surface area contributed by atoms with Crippen molar-refractivity contribution in [2.75, 3.05) is 12.9 Å². The first-order valence-corrected chi connectivity index (χ1v) is 12.5. The molecule has 0 fully saturated rings. The summed E-state index contributed by atoms with van der Waals surface area (Å²) in [5, 5.41) is 1.93. The van der Waals surface area contributed by atoms with E-state index in [0.29, 0.717) is 15.8 Å². The molecule has 0 saturated heterocycles. The van der Waals surface area contributed by atoms with Crippen LogP contribution in [0.15, 0.2) is 70.6 Å². The molecule has 4 aromatic rings. The van der Waals surface area contributed by atoms with E-state index in [1.165, 1.54) is 12.1 Å². The number of fused-ring (bicyclic) bond motifs is 2. The Bertz CT molecular complexity index is 1530. The number of sulfone groups is 1. The number of nitrogens with zero attached hydrogens (tertiary/aromatic N) is 2. The highest BCUT2D eigenvalue weighted by atomic mass is 32.2. The van der Waals surface area contributed by atoms with Gasteiger partial charge < -0.3 is 9.30 Å². The molecule has 0 saturated carbocycles. The summed E-state index contributed by atoms with van der Waals surface area (Å²) in [7, 11) is -3.41. The molecule has 0 unspecified atom stereocenters. The number of carbonyl (C=O) groups excluding carboxylic acids is 2. The van der Waals surface area contributed by atoms with E-state index in [2.05, 4.69) is 4.99 Å². The van der Waals surface area contributed by atoms with Crippen molar-refractivity contribution in [3.63, 3.8) is 0 Å². The summed E-state index contributed by atoms with van der Waals surface area (Å²) in [6.45, 7) is 1.79. The number of thiazole rings is 1. The molecule has 32 heavy (non-hydrogen) atoms. The Morgan fingerprint density at radius 2 is 1.78 bits per heavy atom. The molecule has 7 nitrogen and oxygen atoms in total. The van der Waals surface area contributed by atoms with Gasteiger partial charge in [-0.15, -0.1) is 0 Å². The van der Waals surface area contributed by atoms with Crippen LogP contribution in [0.2, 0.25) is 0 Å². The van der Waals surface area contributed by atoms with Crippen molar-refractivity contribution in [3.05, 3.63) is 71.0 Å². The van der Waals surface area contributed by atoms with Crippen LogP contribution in [0.25, 0.3) is 21.0 Å². The van der Waals surface area contributed by atoms with Gasteiger partial charge in [-0.2, -0.15) is 4.99 Å². The number of esters is 1. The number of aromatic nitrogens is 1. The lowest BCUT2D eigenvalue weighted by Gasteiger charge is -2.06. The summed E-state index contributed by atoms with van der Waals surface area (Å²) in [4.78, 5) is 29.8. The fourth-order valence-electron chi connectivity index (χ4n) is 3.33. The van der Waals surface area contributed by atoms with Gasteiger partial charge in [0.2, 0.25) is 0 Å². The molecular weight excluding hydrogens is 448 g/mol. The Labute approximate surface area is 188 Å². The van der Waals surface area contributed by atoms with E-state index in [4.69, 9.17) is 4.74 Å². The first kappa shape index (κ1) is 21.9. The van der Waals surface area contributed by atoms with Gasteiger partial charge in [-0.1, -0.05) is 41.7 Å². The van der Waals surface area contributed by atoms with Gasteiger partial charge in [-0.05, 0) is 48.0 Å². The van der Waals surface area contributed by atoms with E-state index in [9.17, 15) is 18.0 Å². The van der Waals surface area contributed by atoms with Gasteiger partial charge in [0.05, 0.1) is 21.7 Å². The second-order valence-electron chi connectivity index (χ2n) is 7.16. The number of ether oxygens (including phenoxy) is 1. The zero-order valence-electron chi connectivity index (χ0n) is 17.4. The van der Waals surface area contributed by atoms with Crippen LogP contribution in [0, 0.1) is 0 Å². The Morgan fingerprint density at radius 3 is 2.50 bits per heavy atom. The summed E-state index contributed by atoms with van der Waals surface area (Å²) >= 11 is 1.14. The third kappa shape index (κ3) is 4.49. The SMILES string of the molecule is CCOC(=O)Cn1c(=NC(=O)c2ccc3ccccc3c2)sc2cc(S(C)(=O)=O)ccc21. The van der Waals surface area contributed by atoms with Crippen LogP contribution in [-0.2, 0) is 25.9 Å². The maximum absolute atomic E-state index is 12.9. The lowest BCUT2D eigenvalue weighted by Crippen LogP contribution is -2.23. The van der Waals surface area contributed by atoms with Gasteiger partial charge in [0.1, 0.15) is 6.54 Å². The highest BCUT2D eigenvalue weighted by molar-refractivity contribution is 7.90. The predicted octanol–water partition coefficient (Wildman–Crippen LogP) is 3.56. The van der Waals surface area contributed by atoms with Crippen molar-refractivity contribution in [1.29, 1.82) is 0 Å². The van der Waals surface area contributed by atoms with Crippen molar-refractivity contribution < 1.29 is 22.7 Å². The molecule has 0 N–H and O–H groups in total. The van der Waals surface area contributed by atoms with E-state index < -0.39 is 21.7 Å². The molecule has 0 aliphatic rings. The zero-order valence-corrected chi connectivity index (χ0v) is 19.1. The largest absolute Gasteiger partial charge is 0.465 e. The van der Waals surface area contributed by atoms with Crippen molar-refractivity contribution >= 4 is 54.0 Å². The minimum atomic E-state index is -3.41. The van der Waals surface area contributed by atoms with Gasteiger partial charge in [-0.3, -0.25) is 9.59 Å². The number of hydrogen-bond acceptors (Lipinski definition) is 6. The molecule has 1 aromatic heterocycles. The maximum atomic E-state index is 12.9. The third-order valence-corrected chi connectivity index (χ3v) is 7.02. The topological polar surface area (TPSA) is 94.8 Å². The summed E-state index contributed by atoms with van der Waals surface area (Å²) in [5.74, 6) is -0.928. The zero-order chi connectivity index (χ0) is 22.9. The molecule has 164 valence electrons. The maximum Gasteiger partial charge on any atom is 0.326 e. The molecule has 0 aliphatic heterocycles. The molecule has 1 heterocycles. The molecule has 0 spiro atoms. The third-order valence-electron chi connectivity index (χ3n) is 4.87. The number of carbonyl (C=O) groups is 2. The van der Waals surface area contributed by atoms with Crippen molar-refractivity contribution in [2.45, 2.75) is 18.4 Å². The standard InChI is InChI=1S/C23H20N2O5S2/c1-3-30-21(26)14-25-19-11-10-18(32(2,28)29)13-20(19)31-23(25)24-22(27)17-9-8-15-6-4-5-7-16(15)12-17/h4-13H,3,14H2,1-2H3. The lowest BCUT2D eigenvalue weighted by atomic mass is 10.1. The molecular formula is C23H20N2O5S2. The molecule has 0 bridgehead atoms. The van der Waals surface area contributed by atoms with Crippen molar-refractivity contribution in [2.24, 2.45) is 4.99 Å². The highest BCUT2D eigenvalue weighted by Crippen LogP contribution is 2.22.